The fourth-order valence-electron chi connectivity index (χ4n) is 2.74. The molecular weight excluding hydrogens is 389 g/mol. The lowest BCUT2D eigenvalue weighted by molar-refractivity contribution is 0.1000. The van der Waals surface area contributed by atoms with Crippen LogP contribution in [0.15, 0.2) is 6.07 Å². The zero-order valence-corrected chi connectivity index (χ0v) is 16.0. The minimum atomic E-state index is -0.526. The van der Waals surface area contributed by atoms with E-state index in [0.29, 0.717) is 24.8 Å². The maximum atomic E-state index is 12.5. The number of rotatable bonds is 4. The Bertz CT molecular complexity index is 816. The summed E-state index contributed by atoms with van der Waals surface area (Å²) in [5.41, 5.74) is 7.21. The van der Waals surface area contributed by atoms with Crippen molar-refractivity contribution in [2.24, 2.45) is 5.73 Å². The van der Waals surface area contributed by atoms with Crippen molar-refractivity contribution < 1.29 is 9.59 Å². The number of amides is 2. The van der Waals surface area contributed by atoms with E-state index in [1.54, 1.807) is 0 Å². The summed E-state index contributed by atoms with van der Waals surface area (Å²) in [7, 11) is 0. The van der Waals surface area contributed by atoms with Gasteiger partial charge in [0.1, 0.15) is 9.34 Å². The number of nitrogens with two attached hydrogens (primary N) is 1. The first kappa shape index (κ1) is 17.7. The number of carbonyl (C=O) groups excluding carboxylic acids is 2. The lowest BCUT2D eigenvalue weighted by Crippen LogP contribution is -2.30. The third-order valence-corrected chi connectivity index (χ3v) is 6.58. The van der Waals surface area contributed by atoms with Crippen LogP contribution in [0.25, 0.3) is 0 Å². The van der Waals surface area contributed by atoms with Gasteiger partial charge in [0.25, 0.3) is 11.8 Å². The summed E-state index contributed by atoms with van der Waals surface area (Å²) in [5, 5.41) is 3.26. The van der Waals surface area contributed by atoms with Crippen LogP contribution in [0, 0.1) is 0 Å². The standard InChI is InChI=1S/C15H15Cl2N3O2S2/c1-2-20-4-3-7-9(6-20)23-15(11(7)13(18)21)19-14(22)8-5-10(16)24-12(8)17/h5H,2-4,6H2,1H3,(H2,18,21)(H,19,22). The summed E-state index contributed by atoms with van der Waals surface area (Å²) in [6.07, 6.45) is 0.749. The molecule has 0 atom stereocenters. The molecule has 0 saturated carbocycles. The zero-order valence-electron chi connectivity index (χ0n) is 12.8. The van der Waals surface area contributed by atoms with Gasteiger partial charge in [0.15, 0.2) is 0 Å². The number of primary amides is 1. The van der Waals surface area contributed by atoms with E-state index in [9.17, 15) is 9.59 Å². The van der Waals surface area contributed by atoms with E-state index >= 15 is 0 Å². The van der Waals surface area contributed by atoms with E-state index in [2.05, 4.69) is 17.1 Å². The highest BCUT2D eigenvalue weighted by molar-refractivity contribution is 7.20. The van der Waals surface area contributed by atoms with Gasteiger partial charge in [-0.05, 0) is 24.6 Å². The Balaban J connectivity index is 1.93. The van der Waals surface area contributed by atoms with Crippen LogP contribution in [0.5, 0.6) is 0 Å². The second kappa shape index (κ2) is 7.01. The molecule has 0 aromatic carbocycles. The first-order valence-electron chi connectivity index (χ1n) is 7.33. The summed E-state index contributed by atoms with van der Waals surface area (Å²) in [4.78, 5) is 27.7. The van der Waals surface area contributed by atoms with Crippen molar-refractivity contribution in [1.29, 1.82) is 0 Å². The molecule has 0 unspecified atom stereocenters. The summed E-state index contributed by atoms with van der Waals surface area (Å²) in [6.45, 7) is 4.67. The molecule has 0 fully saturated rings. The van der Waals surface area contributed by atoms with Gasteiger partial charge in [-0.2, -0.15) is 0 Å². The number of carbonyl (C=O) groups is 2. The lowest BCUT2D eigenvalue weighted by Gasteiger charge is -2.25. The van der Waals surface area contributed by atoms with Crippen molar-refractivity contribution in [1.82, 2.24) is 4.90 Å². The molecule has 3 N–H and O–H groups in total. The molecule has 24 heavy (non-hydrogen) atoms. The van der Waals surface area contributed by atoms with Gasteiger partial charge in [-0.15, -0.1) is 22.7 Å². The second-order valence-electron chi connectivity index (χ2n) is 5.38. The van der Waals surface area contributed by atoms with Crippen LogP contribution in [0.1, 0.15) is 38.1 Å². The highest BCUT2D eigenvalue weighted by atomic mass is 35.5. The quantitative estimate of drug-likeness (QED) is 0.813. The number of likely N-dealkylation sites (N-methyl/N-ethyl adjacent to an activating group) is 1. The van der Waals surface area contributed by atoms with E-state index in [4.69, 9.17) is 28.9 Å². The van der Waals surface area contributed by atoms with Gasteiger partial charge in [-0.3, -0.25) is 14.5 Å². The molecule has 2 aromatic rings. The number of thiophene rings is 2. The van der Waals surface area contributed by atoms with Gasteiger partial charge in [-0.1, -0.05) is 30.1 Å². The average molecular weight is 404 g/mol. The van der Waals surface area contributed by atoms with Crippen LogP contribution in [0.3, 0.4) is 0 Å². The predicted molar refractivity (Wildman–Crippen MR) is 99.8 cm³/mol. The van der Waals surface area contributed by atoms with E-state index in [1.165, 1.54) is 17.4 Å². The van der Waals surface area contributed by atoms with E-state index in [1.807, 2.05) is 0 Å². The summed E-state index contributed by atoms with van der Waals surface area (Å²) in [5.74, 6) is -0.918. The van der Waals surface area contributed by atoms with Crippen LogP contribution in [0.2, 0.25) is 8.67 Å². The van der Waals surface area contributed by atoms with Gasteiger partial charge >= 0.3 is 0 Å². The van der Waals surface area contributed by atoms with Gasteiger partial charge in [0.2, 0.25) is 0 Å². The van der Waals surface area contributed by atoms with E-state index in [-0.39, 0.29) is 0 Å². The lowest BCUT2D eigenvalue weighted by atomic mass is 10.0. The summed E-state index contributed by atoms with van der Waals surface area (Å²) < 4.78 is 0.751. The number of anilines is 1. The van der Waals surface area contributed by atoms with Crippen molar-refractivity contribution in [2.75, 3.05) is 18.4 Å². The van der Waals surface area contributed by atoms with Crippen molar-refractivity contribution in [3.8, 4) is 0 Å². The van der Waals surface area contributed by atoms with Crippen molar-refractivity contribution in [3.63, 3.8) is 0 Å². The molecule has 0 radical (unpaired) electrons. The minimum absolute atomic E-state index is 0.295. The van der Waals surface area contributed by atoms with Gasteiger partial charge in [0, 0.05) is 18.0 Å². The third-order valence-electron chi connectivity index (χ3n) is 3.96. The SMILES string of the molecule is CCN1CCc2c(sc(NC(=O)c3cc(Cl)sc3Cl)c2C(N)=O)C1. The molecule has 0 aliphatic carbocycles. The molecule has 2 aromatic heterocycles. The largest absolute Gasteiger partial charge is 0.365 e. The first-order valence-corrected chi connectivity index (χ1v) is 9.72. The second-order valence-corrected chi connectivity index (χ2v) is 8.77. The highest BCUT2D eigenvalue weighted by Crippen LogP contribution is 2.38. The molecule has 0 saturated heterocycles. The van der Waals surface area contributed by atoms with Crippen LogP contribution in [-0.2, 0) is 13.0 Å². The van der Waals surface area contributed by atoms with E-state index < -0.39 is 11.8 Å². The molecule has 3 rings (SSSR count). The molecule has 5 nitrogen and oxygen atoms in total. The maximum Gasteiger partial charge on any atom is 0.258 e. The third kappa shape index (κ3) is 3.32. The Morgan fingerprint density at radius 2 is 2.12 bits per heavy atom. The van der Waals surface area contributed by atoms with Gasteiger partial charge in [0.05, 0.1) is 15.5 Å². The Kier molecular flexibility index (Phi) is 5.17. The molecule has 2 amide bonds. The van der Waals surface area contributed by atoms with Crippen molar-refractivity contribution >= 4 is 62.7 Å². The fraction of sp³-hybridized carbons (Fsp3) is 0.333. The molecule has 0 bridgehead atoms. The molecule has 3 heterocycles. The van der Waals surface area contributed by atoms with Crippen LogP contribution in [0.4, 0.5) is 5.00 Å². The van der Waals surface area contributed by atoms with Gasteiger partial charge in [-0.25, -0.2) is 0 Å². The highest BCUT2D eigenvalue weighted by Gasteiger charge is 2.28. The number of halogens is 2. The molecule has 1 aliphatic rings. The normalized spacial score (nSPS) is 14.5. The van der Waals surface area contributed by atoms with Gasteiger partial charge < -0.3 is 11.1 Å². The molecule has 1 aliphatic heterocycles. The Hall–Kier alpha value is -1.12. The molecule has 128 valence electrons. The Labute approximate surface area is 157 Å². The molecule has 9 heteroatoms. The van der Waals surface area contributed by atoms with Crippen molar-refractivity contribution in [2.45, 2.75) is 19.9 Å². The molecular formula is C15H15Cl2N3O2S2. The Morgan fingerprint density at radius 3 is 2.71 bits per heavy atom. The predicted octanol–water partition coefficient (Wildman–Crippen LogP) is 3.85. The minimum Gasteiger partial charge on any atom is -0.365 e. The van der Waals surface area contributed by atoms with Crippen LogP contribution < -0.4 is 11.1 Å². The monoisotopic (exact) mass is 403 g/mol. The zero-order chi connectivity index (χ0) is 17.4. The van der Waals surface area contributed by atoms with Crippen molar-refractivity contribution in [3.05, 3.63) is 36.3 Å². The number of nitrogens with one attached hydrogen (secondary N) is 1. The first-order chi connectivity index (χ1) is 11.4. The van der Waals surface area contributed by atoms with Crippen LogP contribution >= 0.6 is 45.9 Å². The maximum absolute atomic E-state index is 12.5. The topological polar surface area (TPSA) is 75.4 Å². The smallest absolute Gasteiger partial charge is 0.258 e. The number of hydrogen-bond donors (Lipinski definition) is 2. The Morgan fingerprint density at radius 1 is 1.38 bits per heavy atom. The van der Waals surface area contributed by atoms with E-state index in [0.717, 1.165) is 47.8 Å². The number of nitrogens with zero attached hydrogens (tertiary/aromatic N) is 1. The molecule has 0 spiro atoms. The number of fused-ring (bicyclic) bond motifs is 1. The number of hydrogen-bond acceptors (Lipinski definition) is 5. The average Bonchev–Trinajstić information content (AvgIpc) is 3.05. The fourth-order valence-corrected chi connectivity index (χ4v) is 5.49. The summed E-state index contributed by atoms with van der Waals surface area (Å²) >= 11 is 14.4. The van der Waals surface area contributed by atoms with Crippen LogP contribution in [-0.4, -0.2) is 29.8 Å². The summed E-state index contributed by atoms with van der Waals surface area (Å²) in [6, 6.07) is 1.51.